The van der Waals surface area contributed by atoms with Gasteiger partial charge in [0.2, 0.25) is 0 Å². The minimum absolute atomic E-state index is 0.171. The van der Waals surface area contributed by atoms with Crippen LogP contribution in [0.3, 0.4) is 0 Å². The standard InChI is InChI=1S/C13H20O2/c1-9(2)12-5-7-13(8-6-12)15-11(4)10(3)14/h5-11,14H,1-4H3/t10-,11?/m1/s1. The third kappa shape index (κ3) is 3.56. The van der Waals surface area contributed by atoms with Crippen molar-refractivity contribution in [1.29, 1.82) is 0 Å². The van der Waals surface area contributed by atoms with Crippen molar-refractivity contribution in [2.75, 3.05) is 0 Å². The van der Waals surface area contributed by atoms with Crippen molar-refractivity contribution in [3.8, 4) is 5.75 Å². The molecule has 0 aliphatic carbocycles. The van der Waals surface area contributed by atoms with Gasteiger partial charge in [0.25, 0.3) is 0 Å². The van der Waals surface area contributed by atoms with Crippen molar-refractivity contribution in [2.45, 2.75) is 45.8 Å². The number of benzene rings is 1. The quantitative estimate of drug-likeness (QED) is 0.824. The van der Waals surface area contributed by atoms with Crippen LogP contribution < -0.4 is 4.74 Å². The number of ether oxygens (including phenoxy) is 1. The van der Waals surface area contributed by atoms with Gasteiger partial charge in [0.15, 0.2) is 0 Å². The molecule has 15 heavy (non-hydrogen) atoms. The molecule has 0 spiro atoms. The van der Waals surface area contributed by atoms with Gasteiger partial charge in [-0.2, -0.15) is 0 Å². The molecule has 0 amide bonds. The molecule has 0 radical (unpaired) electrons. The minimum Gasteiger partial charge on any atom is -0.488 e. The molecule has 2 nitrogen and oxygen atoms in total. The first-order valence-electron chi connectivity index (χ1n) is 5.45. The van der Waals surface area contributed by atoms with Gasteiger partial charge in [0.05, 0.1) is 6.10 Å². The Morgan fingerprint density at radius 2 is 1.53 bits per heavy atom. The zero-order chi connectivity index (χ0) is 11.4. The summed E-state index contributed by atoms with van der Waals surface area (Å²) in [4.78, 5) is 0. The molecule has 0 saturated heterocycles. The number of hydrogen-bond acceptors (Lipinski definition) is 2. The summed E-state index contributed by atoms with van der Waals surface area (Å²) in [7, 11) is 0. The Morgan fingerprint density at radius 3 is 1.93 bits per heavy atom. The topological polar surface area (TPSA) is 29.5 Å². The predicted octanol–water partition coefficient (Wildman–Crippen LogP) is 2.96. The molecular weight excluding hydrogens is 188 g/mol. The van der Waals surface area contributed by atoms with Gasteiger partial charge in [-0.15, -0.1) is 0 Å². The average Bonchev–Trinajstić information content (AvgIpc) is 2.18. The molecule has 0 fully saturated rings. The van der Waals surface area contributed by atoms with Gasteiger partial charge in [0, 0.05) is 0 Å². The zero-order valence-electron chi connectivity index (χ0n) is 9.90. The largest absolute Gasteiger partial charge is 0.488 e. The maximum absolute atomic E-state index is 9.30. The third-order valence-corrected chi connectivity index (χ3v) is 2.55. The second-order valence-corrected chi connectivity index (χ2v) is 4.29. The van der Waals surface area contributed by atoms with Crippen LogP contribution in [0.4, 0.5) is 0 Å². The lowest BCUT2D eigenvalue weighted by molar-refractivity contribution is 0.0604. The van der Waals surface area contributed by atoms with Crippen LogP contribution in [0.25, 0.3) is 0 Å². The van der Waals surface area contributed by atoms with Crippen LogP contribution in [-0.4, -0.2) is 17.3 Å². The van der Waals surface area contributed by atoms with Gasteiger partial charge in [0.1, 0.15) is 11.9 Å². The molecule has 0 bridgehead atoms. The molecule has 2 heteroatoms. The Labute approximate surface area is 91.9 Å². The molecule has 84 valence electrons. The minimum atomic E-state index is -0.449. The highest BCUT2D eigenvalue weighted by molar-refractivity contribution is 5.29. The van der Waals surface area contributed by atoms with E-state index in [2.05, 4.69) is 26.0 Å². The number of aliphatic hydroxyl groups is 1. The van der Waals surface area contributed by atoms with Crippen molar-refractivity contribution in [2.24, 2.45) is 0 Å². The van der Waals surface area contributed by atoms with Crippen LogP contribution in [0, 0.1) is 0 Å². The lowest BCUT2D eigenvalue weighted by atomic mass is 10.0. The molecule has 1 rings (SSSR count). The Kier molecular flexibility index (Phi) is 4.15. The Morgan fingerprint density at radius 1 is 1.00 bits per heavy atom. The molecule has 2 atom stereocenters. The van der Waals surface area contributed by atoms with Gasteiger partial charge < -0.3 is 9.84 Å². The molecule has 0 heterocycles. The Hall–Kier alpha value is -1.02. The van der Waals surface area contributed by atoms with E-state index in [0.29, 0.717) is 5.92 Å². The van der Waals surface area contributed by atoms with E-state index in [1.165, 1.54) is 5.56 Å². The van der Waals surface area contributed by atoms with E-state index < -0.39 is 6.10 Å². The van der Waals surface area contributed by atoms with Gasteiger partial charge in [-0.25, -0.2) is 0 Å². The average molecular weight is 208 g/mol. The van der Waals surface area contributed by atoms with Crippen LogP contribution in [0.5, 0.6) is 5.75 Å². The molecule has 1 unspecified atom stereocenters. The highest BCUT2D eigenvalue weighted by atomic mass is 16.5. The van der Waals surface area contributed by atoms with Crippen molar-refractivity contribution >= 4 is 0 Å². The summed E-state index contributed by atoms with van der Waals surface area (Å²) in [6.07, 6.45) is -0.621. The van der Waals surface area contributed by atoms with E-state index in [9.17, 15) is 5.11 Å². The van der Waals surface area contributed by atoms with Crippen LogP contribution in [0.15, 0.2) is 24.3 Å². The first-order chi connectivity index (χ1) is 7.00. The molecule has 1 aromatic carbocycles. The highest BCUT2D eigenvalue weighted by Crippen LogP contribution is 2.19. The molecule has 0 aliphatic heterocycles. The Balaban J connectivity index is 2.64. The summed E-state index contributed by atoms with van der Waals surface area (Å²) < 4.78 is 5.56. The van der Waals surface area contributed by atoms with Crippen molar-refractivity contribution in [1.82, 2.24) is 0 Å². The van der Waals surface area contributed by atoms with Gasteiger partial charge in [-0.1, -0.05) is 26.0 Å². The monoisotopic (exact) mass is 208 g/mol. The summed E-state index contributed by atoms with van der Waals surface area (Å²) in [5.74, 6) is 1.35. The van der Waals surface area contributed by atoms with E-state index in [-0.39, 0.29) is 6.10 Å². The molecular formula is C13H20O2. The fraction of sp³-hybridized carbons (Fsp3) is 0.538. The van der Waals surface area contributed by atoms with Crippen molar-refractivity contribution in [3.05, 3.63) is 29.8 Å². The number of hydrogen-bond donors (Lipinski definition) is 1. The van der Waals surface area contributed by atoms with Crippen LogP contribution in [-0.2, 0) is 0 Å². The van der Waals surface area contributed by atoms with Crippen LogP contribution >= 0.6 is 0 Å². The van der Waals surface area contributed by atoms with Gasteiger partial charge >= 0.3 is 0 Å². The normalized spacial score (nSPS) is 15.1. The first kappa shape index (κ1) is 12.1. The smallest absolute Gasteiger partial charge is 0.121 e. The summed E-state index contributed by atoms with van der Waals surface area (Å²) in [5.41, 5.74) is 1.30. The molecule has 1 N–H and O–H groups in total. The SMILES string of the molecule is CC(C)c1ccc(OC(C)[C@@H](C)O)cc1. The molecule has 1 aromatic rings. The fourth-order valence-corrected chi connectivity index (χ4v) is 1.24. The van der Waals surface area contributed by atoms with E-state index in [1.807, 2.05) is 19.1 Å². The highest BCUT2D eigenvalue weighted by Gasteiger charge is 2.10. The summed E-state index contributed by atoms with van der Waals surface area (Å²) in [6.45, 7) is 7.91. The third-order valence-electron chi connectivity index (χ3n) is 2.55. The van der Waals surface area contributed by atoms with Crippen molar-refractivity contribution < 1.29 is 9.84 Å². The zero-order valence-corrected chi connectivity index (χ0v) is 9.90. The molecule has 0 aliphatic rings. The lowest BCUT2D eigenvalue weighted by Crippen LogP contribution is -2.25. The fourth-order valence-electron chi connectivity index (χ4n) is 1.24. The number of aliphatic hydroxyl groups excluding tert-OH is 1. The first-order valence-corrected chi connectivity index (χ1v) is 5.45. The second kappa shape index (κ2) is 5.17. The lowest BCUT2D eigenvalue weighted by Gasteiger charge is -2.17. The molecule has 0 aromatic heterocycles. The van der Waals surface area contributed by atoms with E-state index in [4.69, 9.17) is 4.74 Å². The predicted molar refractivity (Wildman–Crippen MR) is 62.3 cm³/mol. The maximum Gasteiger partial charge on any atom is 0.121 e. The number of rotatable bonds is 4. The Bertz CT molecular complexity index is 288. The second-order valence-electron chi connectivity index (χ2n) is 4.29. The summed E-state index contributed by atoms with van der Waals surface area (Å²) >= 11 is 0. The van der Waals surface area contributed by atoms with Crippen LogP contribution in [0.2, 0.25) is 0 Å². The summed E-state index contributed by atoms with van der Waals surface area (Å²) in [5, 5.41) is 9.30. The van der Waals surface area contributed by atoms with E-state index >= 15 is 0 Å². The van der Waals surface area contributed by atoms with E-state index in [0.717, 1.165) is 5.75 Å². The van der Waals surface area contributed by atoms with Gasteiger partial charge in [-0.05, 0) is 37.5 Å². The maximum atomic E-state index is 9.30. The van der Waals surface area contributed by atoms with Crippen molar-refractivity contribution in [3.63, 3.8) is 0 Å². The summed E-state index contributed by atoms with van der Waals surface area (Å²) in [6, 6.07) is 8.03. The molecule has 0 saturated carbocycles. The van der Waals surface area contributed by atoms with Gasteiger partial charge in [-0.3, -0.25) is 0 Å². The van der Waals surface area contributed by atoms with E-state index in [1.54, 1.807) is 6.92 Å². The van der Waals surface area contributed by atoms with Crippen LogP contribution in [0.1, 0.15) is 39.2 Å².